The van der Waals surface area contributed by atoms with Gasteiger partial charge in [0.2, 0.25) is 0 Å². The van der Waals surface area contributed by atoms with E-state index < -0.39 is 9.05 Å². The number of rotatable bonds is 2. The van der Waals surface area contributed by atoms with Crippen molar-refractivity contribution in [3.63, 3.8) is 0 Å². The fourth-order valence-electron chi connectivity index (χ4n) is 1.21. The number of pyridine rings is 1. The summed E-state index contributed by atoms with van der Waals surface area (Å²) in [4.78, 5) is 5.06. The van der Waals surface area contributed by atoms with Gasteiger partial charge in [0.1, 0.15) is 0 Å². The third-order valence-electron chi connectivity index (χ3n) is 1.75. The lowest BCUT2D eigenvalue weighted by Gasteiger charge is -2.01. The Balaban J connectivity index is 2.59. The molecule has 1 aromatic carbocycles. The molecule has 0 radical (unpaired) electrons. The van der Waals surface area contributed by atoms with E-state index in [1.807, 2.05) is 30.3 Å². The number of nitrogens with zero attached hydrogens (tertiary/aromatic N) is 1. The zero-order valence-electron chi connectivity index (χ0n) is 7.01. The SMILES string of the molecule is O=S(Cl)Sc1cccc2cccnc12. The minimum Gasteiger partial charge on any atom is -0.255 e. The molecule has 2 aromatic rings. The van der Waals surface area contributed by atoms with Crippen molar-refractivity contribution in [2.45, 2.75) is 4.90 Å². The van der Waals surface area contributed by atoms with Gasteiger partial charge >= 0.3 is 0 Å². The largest absolute Gasteiger partial charge is 0.255 e. The van der Waals surface area contributed by atoms with Crippen LogP contribution in [0.1, 0.15) is 0 Å². The van der Waals surface area contributed by atoms with Crippen molar-refractivity contribution >= 4 is 41.4 Å². The molecule has 0 saturated heterocycles. The standard InChI is InChI=1S/C9H6ClNOS2/c10-14(12)13-8-5-1-3-7-4-2-6-11-9(7)8/h1-6H. The van der Waals surface area contributed by atoms with E-state index in [9.17, 15) is 4.21 Å². The van der Waals surface area contributed by atoms with Gasteiger partial charge in [0.05, 0.1) is 5.52 Å². The first kappa shape index (κ1) is 9.96. The van der Waals surface area contributed by atoms with Crippen LogP contribution in [0, 0.1) is 0 Å². The van der Waals surface area contributed by atoms with E-state index in [-0.39, 0.29) is 0 Å². The Bertz CT molecular complexity index is 484. The highest BCUT2D eigenvalue weighted by atomic mass is 35.7. The van der Waals surface area contributed by atoms with Gasteiger partial charge in [0.25, 0.3) is 0 Å². The van der Waals surface area contributed by atoms with Crippen molar-refractivity contribution in [3.8, 4) is 0 Å². The highest BCUT2D eigenvalue weighted by molar-refractivity contribution is 8.77. The lowest BCUT2D eigenvalue weighted by atomic mass is 10.2. The zero-order chi connectivity index (χ0) is 9.97. The molecule has 0 aliphatic heterocycles. The van der Waals surface area contributed by atoms with Crippen LogP contribution in [0.4, 0.5) is 0 Å². The molecule has 0 aliphatic rings. The van der Waals surface area contributed by atoms with E-state index in [0.717, 1.165) is 26.6 Å². The van der Waals surface area contributed by atoms with E-state index in [2.05, 4.69) is 4.98 Å². The molecular weight excluding hydrogens is 238 g/mol. The number of para-hydroxylation sites is 1. The monoisotopic (exact) mass is 243 g/mol. The van der Waals surface area contributed by atoms with Gasteiger partial charge in [-0.3, -0.25) is 4.98 Å². The van der Waals surface area contributed by atoms with Gasteiger partial charge in [-0.25, -0.2) is 4.21 Å². The number of hydrogen-bond acceptors (Lipinski definition) is 3. The summed E-state index contributed by atoms with van der Waals surface area (Å²) in [6.45, 7) is 0. The van der Waals surface area contributed by atoms with Crippen LogP contribution >= 0.6 is 21.5 Å². The molecule has 2 nitrogen and oxygen atoms in total. The van der Waals surface area contributed by atoms with Crippen LogP contribution in [-0.4, -0.2) is 9.19 Å². The third kappa shape index (κ3) is 2.08. The molecule has 2 rings (SSSR count). The van der Waals surface area contributed by atoms with E-state index in [4.69, 9.17) is 10.7 Å². The number of fused-ring (bicyclic) bond motifs is 1. The smallest absolute Gasteiger partial charge is 0.181 e. The Morgan fingerprint density at radius 3 is 2.86 bits per heavy atom. The normalized spacial score (nSPS) is 12.9. The van der Waals surface area contributed by atoms with Crippen molar-refractivity contribution in [2.24, 2.45) is 0 Å². The maximum Gasteiger partial charge on any atom is 0.181 e. The van der Waals surface area contributed by atoms with Crippen molar-refractivity contribution in [1.82, 2.24) is 4.98 Å². The summed E-state index contributed by atoms with van der Waals surface area (Å²) in [5.74, 6) is 0. The highest BCUT2D eigenvalue weighted by Crippen LogP contribution is 2.29. The molecular formula is C9H6ClNOS2. The predicted molar refractivity (Wildman–Crippen MR) is 61.6 cm³/mol. The minimum absolute atomic E-state index is 0.842. The molecule has 72 valence electrons. The average Bonchev–Trinajstić information content (AvgIpc) is 2.18. The summed E-state index contributed by atoms with van der Waals surface area (Å²) in [5, 5.41) is 1.03. The summed E-state index contributed by atoms with van der Waals surface area (Å²) in [6, 6.07) is 9.55. The van der Waals surface area contributed by atoms with Crippen LogP contribution in [0.25, 0.3) is 10.9 Å². The third-order valence-corrected chi connectivity index (χ3v) is 3.89. The van der Waals surface area contributed by atoms with Gasteiger partial charge in [-0.15, -0.1) is 0 Å². The topological polar surface area (TPSA) is 30.0 Å². The summed E-state index contributed by atoms with van der Waals surface area (Å²) in [5.41, 5.74) is 0.842. The van der Waals surface area contributed by atoms with Gasteiger partial charge in [-0.1, -0.05) is 18.2 Å². The minimum atomic E-state index is -1.42. The molecule has 5 heteroatoms. The zero-order valence-corrected chi connectivity index (χ0v) is 9.40. The predicted octanol–water partition coefficient (Wildman–Crippen LogP) is 3.14. The van der Waals surface area contributed by atoms with Crippen LogP contribution in [0.3, 0.4) is 0 Å². The Kier molecular flexibility index (Phi) is 3.05. The quantitative estimate of drug-likeness (QED) is 0.600. The Hall–Kier alpha value is -0.580. The molecule has 0 saturated carbocycles. The molecule has 1 aromatic heterocycles. The van der Waals surface area contributed by atoms with Crippen LogP contribution < -0.4 is 0 Å². The lowest BCUT2D eigenvalue weighted by molar-refractivity contribution is 0.698. The summed E-state index contributed by atoms with van der Waals surface area (Å²) in [7, 11) is 5.10. The van der Waals surface area contributed by atoms with Crippen LogP contribution in [0.15, 0.2) is 41.4 Å². The van der Waals surface area contributed by atoms with Gasteiger partial charge < -0.3 is 0 Å². The lowest BCUT2D eigenvalue weighted by Crippen LogP contribution is -1.81. The molecule has 14 heavy (non-hydrogen) atoms. The number of aromatic nitrogens is 1. The van der Waals surface area contributed by atoms with Crippen molar-refractivity contribution in [1.29, 1.82) is 0 Å². The summed E-state index contributed by atoms with van der Waals surface area (Å²) >= 11 is 0. The number of hydrogen-bond donors (Lipinski definition) is 0. The van der Waals surface area contributed by atoms with E-state index in [0.29, 0.717) is 0 Å². The molecule has 0 fully saturated rings. The Labute approximate surface area is 92.0 Å². The van der Waals surface area contributed by atoms with Gasteiger partial charge in [0.15, 0.2) is 9.05 Å². The second-order valence-electron chi connectivity index (χ2n) is 2.61. The maximum atomic E-state index is 10.9. The number of halogens is 1. The van der Waals surface area contributed by atoms with E-state index >= 15 is 0 Å². The fraction of sp³-hybridized carbons (Fsp3) is 0. The average molecular weight is 244 g/mol. The van der Waals surface area contributed by atoms with Crippen LogP contribution in [0.5, 0.6) is 0 Å². The molecule has 0 aliphatic carbocycles. The highest BCUT2D eigenvalue weighted by Gasteiger charge is 2.04. The second kappa shape index (κ2) is 4.29. The maximum absolute atomic E-state index is 10.9. The molecule has 1 atom stereocenters. The van der Waals surface area contributed by atoms with Crippen LogP contribution in [-0.2, 0) is 9.05 Å². The first-order valence-corrected chi connectivity index (χ1v) is 7.18. The van der Waals surface area contributed by atoms with Gasteiger partial charge in [-0.05, 0) is 22.9 Å². The van der Waals surface area contributed by atoms with Gasteiger partial charge in [0, 0.05) is 27.2 Å². The molecule has 0 spiro atoms. The van der Waals surface area contributed by atoms with Crippen LogP contribution in [0.2, 0.25) is 0 Å². The van der Waals surface area contributed by atoms with E-state index in [1.54, 1.807) is 6.20 Å². The first-order valence-electron chi connectivity index (χ1n) is 3.87. The fourth-order valence-corrected chi connectivity index (χ4v) is 3.18. The van der Waals surface area contributed by atoms with Crippen molar-refractivity contribution < 1.29 is 4.21 Å². The molecule has 1 heterocycles. The Morgan fingerprint density at radius 2 is 2.07 bits per heavy atom. The summed E-state index contributed by atoms with van der Waals surface area (Å²) in [6.07, 6.45) is 1.71. The van der Waals surface area contributed by atoms with Gasteiger partial charge in [-0.2, -0.15) is 0 Å². The number of benzene rings is 1. The van der Waals surface area contributed by atoms with Crippen molar-refractivity contribution in [3.05, 3.63) is 36.5 Å². The molecule has 1 unspecified atom stereocenters. The first-order chi connectivity index (χ1) is 6.77. The van der Waals surface area contributed by atoms with E-state index in [1.165, 1.54) is 0 Å². The Morgan fingerprint density at radius 1 is 1.29 bits per heavy atom. The second-order valence-corrected chi connectivity index (χ2v) is 6.40. The summed E-state index contributed by atoms with van der Waals surface area (Å²) < 4.78 is 10.9. The molecule has 0 N–H and O–H groups in total. The molecule has 0 amide bonds. The van der Waals surface area contributed by atoms with Crippen molar-refractivity contribution in [2.75, 3.05) is 0 Å². The molecule has 0 bridgehead atoms.